The summed E-state index contributed by atoms with van der Waals surface area (Å²) in [4.78, 5) is 12.0. The number of amides is 1. The third kappa shape index (κ3) is 5.07. The molecule has 0 bridgehead atoms. The quantitative estimate of drug-likeness (QED) is 0.785. The molecule has 1 saturated carbocycles. The largest absolute Gasteiger partial charge is 0.353 e. The topological polar surface area (TPSA) is 75.3 Å². The van der Waals surface area contributed by atoms with Gasteiger partial charge in [-0.3, -0.25) is 4.79 Å². The lowest BCUT2D eigenvalue weighted by atomic mass is 9.95. The Balaban J connectivity index is 1.80. The van der Waals surface area contributed by atoms with Crippen LogP contribution in [0.25, 0.3) is 0 Å². The van der Waals surface area contributed by atoms with Crippen molar-refractivity contribution in [3.63, 3.8) is 0 Å². The van der Waals surface area contributed by atoms with Crippen molar-refractivity contribution < 1.29 is 13.2 Å². The lowest BCUT2D eigenvalue weighted by Crippen LogP contribution is -2.38. The number of benzene rings is 1. The normalized spacial score (nSPS) is 16.4. The molecule has 22 heavy (non-hydrogen) atoms. The fraction of sp³-hybridized carbons (Fsp3) is 0.533. The van der Waals surface area contributed by atoms with Crippen molar-refractivity contribution in [2.75, 3.05) is 6.54 Å². The molecule has 7 heteroatoms. The molecule has 5 nitrogen and oxygen atoms in total. The Labute approximate surface area is 140 Å². The van der Waals surface area contributed by atoms with E-state index in [9.17, 15) is 13.2 Å². The van der Waals surface area contributed by atoms with Crippen LogP contribution in [-0.2, 0) is 14.8 Å². The van der Waals surface area contributed by atoms with Crippen LogP contribution in [0, 0.1) is 0 Å². The number of sulfonamides is 1. The van der Waals surface area contributed by atoms with Crippen molar-refractivity contribution in [1.82, 2.24) is 10.0 Å². The van der Waals surface area contributed by atoms with Crippen LogP contribution in [0.15, 0.2) is 33.6 Å². The maximum atomic E-state index is 12.2. The van der Waals surface area contributed by atoms with E-state index in [1.54, 1.807) is 18.2 Å². The van der Waals surface area contributed by atoms with E-state index >= 15 is 0 Å². The molecular formula is C15H21BrN2O3S. The van der Waals surface area contributed by atoms with Crippen LogP contribution >= 0.6 is 15.9 Å². The summed E-state index contributed by atoms with van der Waals surface area (Å²) in [6.07, 6.45) is 5.74. The molecule has 1 aliphatic carbocycles. The van der Waals surface area contributed by atoms with Gasteiger partial charge in [-0.2, -0.15) is 0 Å². The molecule has 0 spiro atoms. The number of nitrogens with one attached hydrogen (secondary N) is 2. The summed E-state index contributed by atoms with van der Waals surface area (Å²) >= 11 is 3.22. The molecule has 0 atom stereocenters. The zero-order valence-electron chi connectivity index (χ0n) is 12.3. The Bertz CT molecular complexity index is 613. The van der Waals surface area contributed by atoms with Gasteiger partial charge in [-0.25, -0.2) is 13.1 Å². The van der Waals surface area contributed by atoms with Crippen LogP contribution in [0.5, 0.6) is 0 Å². The zero-order valence-corrected chi connectivity index (χ0v) is 14.7. The second-order valence-electron chi connectivity index (χ2n) is 5.48. The molecule has 0 aliphatic heterocycles. The Kier molecular flexibility index (Phi) is 6.40. The van der Waals surface area contributed by atoms with E-state index in [0.717, 1.165) is 25.7 Å². The predicted molar refractivity (Wildman–Crippen MR) is 89.0 cm³/mol. The summed E-state index contributed by atoms with van der Waals surface area (Å²) in [5.41, 5.74) is 0. The monoisotopic (exact) mass is 388 g/mol. The van der Waals surface area contributed by atoms with Gasteiger partial charge in [0.15, 0.2) is 0 Å². The van der Waals surface area contributed by atoms with Gasteiger partial charge in [-0.15, -0.1) is 0 Å². The first-order valence-electron chi connectivity index (χ1n) is 7.52. The highest BCUT2D eigenvalue weighted by molar-refractivity contribution is 9.10. The van der Waals surface area contributed by atoms with Crippen LogP contribution in [0.2, 0.25) is 0 Å². The molecule has 1 aromatic rings. The van der Waals surface area contributed by atoms with E-state index < -0.39 is 10.0 Å². The van der Waals surface area contributed by atoms with E-state index in [4.69, 9.17) is 0 Å². The molecule has 1 aromatic carbocycles. The van der Waals surface area contributed by atoms with Gasteiger partial charge < -0.3 is 5.32 Å². The van der Waals surface area contributed by atoms with Crippen molar-refractivity contribution in [2.45, 2.75) is 49.5 Å². The summed E-state index contributed by atoms with van der Waals surface area (Å²) in [5, 5.41) is 2.97. The molecule has 0 unspecified atom stereocenters. The van der Waals surface area contributed by atoms with E-state index in [0.29, 0.717) is 4.47 Å². The van der Waals surface area contributed by atoms with Gasteiger partial charge in [0.05, 0.1) is 4.90 Å². The van der Waals surface area contributed by atoms with Gasteiger partial charge in [0.25, 0.3) is 0 Å². The molecule has 1 fully saturated rings. The Morgan fingerprint density at radius 1 is 1.18 bits per heavy atom. The average molecular weight is 389 g/mol. The summed E-state index contributed by atoms with van der Waals surface area (Å²) in [6, 6.07) is 6.86. The maximum Gasteiger partial charge on any atom is 0.241 e. The SMILES string of the molecule is O=C(CCNS(=O)(=O)c1ccccc1Br)NC1CCCCC1. The second kappa shape index (κ2) is 8.08. The van der Waals surface area contributed by atoms with Crippen LogP contribution in [0.1, 0.15) is 38.5 Å². The standard InChI is InChI=1S/C15H21BrN2O3S/c16-13-8-4-5-9-14(13)22(20,21)17-11-10-15(19)18-12-6-2-1-3-7-12/h4-5,8-9,12,17H,1-3,6-7,10-11H2,(H,18,19). The van der Waals surface area contributed by atoms with Crippen molar-refractivity contribution >= 4 is 31.9 Å². The number of carbonyl (C=O) groups excluding carboxylic acids is 1. The minimum atomic E-state index is -3.60. The fourth-order valence-corrected chi connectivity index (χ4v) is 4.62. The highest BCUT2D eigenvalue weighted by Gasteiger charge is 2.18. The van der Waals surface area contributed by atoms with Gasteiger partial charge >= 0.3 is 0 Å². The molecule has 0 radical (unpaired) electrons. The van der Waals surface area contributed by atoms with Crippen LogP contribution in [0.3, 0.4) is 0 Å². The first-order valence-corrected chi connectivity index (χ1v) is 9.80. The predicted octanol–water partition coefficient (Wildman–Crippen LogP) is 2.57. The third-order valence-corrected chi connectivity index (χ3v) is 6.21. The van der Waals surface area contributed by atoms with Crippen LogP contribution < -0.4 is 10.0 Å². The number of halogens is 1. The molecule has 0 aromatic heterocycles. The zero-order chi connectivity index (χ0) is 16.0. The molecule has 0 saturated heterocycles. The van der Waals surface area contributed by atoms with Gasteiger partial charge in [0.1, 0.15) is 0 Å². The van der Waals surface area contributed by atoms with Gasteiger partial charge in [0.2, 0.25) is 15.9 Å². The first kappa shape index (κ1) is 17.4. The molecule has 2 rings (SSSR count). The molecule has 2 N–H and O–H groups in total. The average Bonchev–Trinajstić information content (AvgIpc) is 2.48. The molecule has 0 heterocycles. The van der Waals surface area contributed by atoms with Crippen molar-refractivity contribution in [1.29, 1.82) is 0 Å². The summed E-state index contributed by atoms with van der Waals surface area (Å²) in [6.45, 7) is 0.0994. The fourth-order valence-electron chi connectivity index (χ4n) is 2.59. The van der Waals surface area contributed by atoms with E-state index in [1.807, 2.05) is 0 Å². The summed E-state index contributed by atoms with van der Waals surface area (Å²) < 4.78 is 27.3. The number of hydrogen-bond donors (Lipinski definition) is 2. The van der Waals surface area contributed by atoms with Crippen LogP contribution in [-0.4, -0.2) is 26.9 Å². The minimum absolute atomic E-state index is 0.0956. The molecule has 122 valence electrons. The third-order valence-electron chi connectivity index (χ3n) is 3.74. The van der Waals surface area contributed by atoms with Crippen LogP contribution in [0.4, 0.5) is 0 Å². The van der Waals surface area contributed by atoms with Crippen molar-refractivity contribution in [3.05, 3.63) is 28.7 Å². The lowest BCUT2D eigenvalue weighted by Gasteiger charge is -2.22. The molecular weight excluding hydrogens is 368 g/mol. The Morgan fingerprint density at radius 2 is 1.86 bits per heavy atom. The van der Waals surface area contributed by atoms with Crippen molar-refractivity contribution in [3.8, 4) is 0 Å². The Morgan fingerprint density at radius 3 is 2.55 bits per heavy atom. The van der Waals surface area contributed by atoms with Gasteiger partial charge in [-0.05, 0) is 40.9 Å². The number of hydrogen-bond acceptors (Lipinski definition) is 3. The minimum Gasteiger partial charge on any atom is -0.353 e. The molecule has 1 aliphatic rings. The smallest absolute Gasteiger partial charge is 0.241 e. The van der Waals surface area contributed by atoms with E-state index in [-0.39, 0.29) is 29.8 Å². The number of carbonyl (C=O) groups is 1. The van der Waals surface area contributed by atoms with Crippen molar-refractivity contribution in [2.24, 2.45) is 0 Å². The van der Waals surface area contributed by atoms with Gasteiger partial charge in [-0.1, -0.05) is 31.4 Å². The van der Waals surface area contributed by atoms with E-state index in [1.165, 1.54) is 12.5 Å². The Hall–Kier alpha value is -0.920. The summed E-state index contributed by atoms with van der Waals surface area (Å²) in [5.74, 6) is -0.0956. The highest BCUT2D eigenvalue weighted by Crippen LogP contribution is 2.20. The second-order valence-corrected chi connectivity index (χ2v) is 8.07. The maximum absolute atomic E-state index is 12.2. The lowest BCUT2D eigenvalue weighted by molar-refractivity contribution is -0.121. The van der Waals surface area contributed by atoms with Gasteiger partial charge in [0, 0.05) is 23.5 Å². The highest BCUT2D eigenvalue weighted by atomic mass is 79.9. The summed E-state index contributed by atoms with van der Waals surface area (Å²) in [7, 11) is -3.60. The molecule has 1 amide bonds. The number of rotatable bonds is 6. The first-order chi connectivity index (χ1) is 10.5. The van der Waals surface area contributed by atoms with E-state index in [2.05, 4.69) is 26.0 Å².